The van der Waals surface area contributed by atoms with Crippen molar-refractivity contribution in [2.75, 3.05) is 0 Å². The van der Waals surface area contributed by atoms with Crippen molar-refractivity contribution >= 4 is 28.8 Å². The zero-order chi connectivity index (χ0) is 21.2. The molecule has 1 aliphatic carbocycles. The lowest BCUT2D eigenvalue weighted by Crippen LogP contribution is -2.25. The summed E-state index contributed by atoms with van der Waals surface area (Å²) in [5.74, 6) is 0.863. The number of aryl methyl sites for hydroxylation is 1. The summed E-state index contributed by atoms with van der Waals surface area (Å²) >= 11 is 1.72. The summed E-state index contributed by atoms with van der Waals surface area (Å²) in [6.45, 7) is 2.76. The molecule has 1 amide bonds. The largest absolute Gasteiger partial charge is 0.349 e. The van der Waals surface area contributed by atoms with Gasteiger partial charge in [0.25, 0.3) is 5.91 Å². The van der Waals surface area contributed by atoms with Crippen LogP contribution in [0.1, 0.15) is 39.9 Å². The molecular weight excluding hydrogens is 404 g/mol. The summed E-state index contributed by atoms with van der Waals surface area (Å²) < 4.78 is 2.16. The summed E-state index contributed by atoms with van der Waals surface area (Å²) in [6, 6.07) is 20.7. The topological polar surface area (TPSA) is 59.8 Å². The van der Waals surface area contributed by atoms with Crippen molar-refractivity contribution in [3.05, 3.63) is 89.1 Å². The van der Waals surface area contributed by atoms with Gasteiger partial charge in [-0.1, -0.05) is 53.7 Å². The first kappa shape index (κ1) is 19.8. The van der Waals surface area contributed by atoms with Crippen LogP contribution in [0.4, 0.5) is 0 Å². The molecule has 0 unspecified atom stereocenters. The van der Waals surface area contributed by atoms with Crippen LogP contribution in [0.2, 0.25) is 0 Å². The van der Waals surface area contributed by atoms with E-state index in [1.54, 1.807) is 18.0 Å². The number of amides is 1. The van der Waals surface area contributed by atoms with Gasteiger partial charge in [0.15, 0.2) is 10.8 Å². The standard InChI is InChI=1S/C25H24N4OS/c1-17-4-6-19(7-5-17)16-31-25-28-22-3-2-14-26-23(22)29(25)15-18-8-10-20(11-9-18)24(30)27-21-12-13-21/h2-11,14,21H,12-13,15-16H2,1H3,(H,27,30). The Morgan fingerprint density at radius 1 is 1.06 bits per heavy atom. The first-order chi connectivity index (χ1) is 15.2. The maximum atomic E-state index is 12.3. The maximum Gasteiger partial charge on any atom is 0.251 e. The summed E-state index contributed by atoms with van der Waals surface area (Å²) in [5, 5.41) is 3.99. The highest BCUT2D eigenvalue weighted by atomic mass is 32.2. The third-order valence-electron chi connectivity index (χ3n) is 5.43. The molecule has 0 spiro atoms. The third-order valence-corrected chi connectivity index (χ3v) is 6.47. The van der Waals surface area contributed by atoms with E-state index in [2.05, 4.69) is 46.1 Å². The predicted molar refractivity (Wildman–Crippen MR) is 124 cm³/mol. The van der Waals surface area contributed by atoms with Crippen LogP contribution in [0.5, 0.6) is 0 Å². The average Bonchev–Trinajstić information content (AvgIpc) is 3.54. The van der Waals surface area contributed by atoms with Gasteiger partial charge in [-0.3, -0.25) is 9.36 Å². The molecule has 2 aromatic carbocycles. The molecular formula is C25H24N4OS. The lowest BCUT2D eigenvalue weighted by molar-refractivity contribution is 0.0951. The van der Waals surface area contributed by atoms with E-state index in [-0.39, 0.29) is 5.91 Å². The molecule has 0 saturated heterocycles. The first-order valence-corrected chi connectivity index (χ1v) is 11.5. The van der Waals surface area contributed by atoms with Crippen LogP contribution >= 0.6 is 11.8 Å². The lowest BCUT2D eigenvalue weighted by atomic mass is 10.1. The molecule has 2 aromatic heterocycles. The summed E-state index contributed by atoms with van der Waals surface area (Å²) in [6.07, 6.45) is 3.99. The van der Waals surface area contributed by atoms with Gasteiger partial charge in [-0.2, -0.15) is 0 Å². The van der Waals surface area contributed by atoms with E-state index in [9.17, 15) is 4.79 Å². The Labute approximate surface area is 185 Å². The van der Waals surface area contributed by atoms with Crippen LogP contribution in [0.3, 0.4) is 0 Å². The van der Waals surface area contributed by atoms with Crippen molar-refractivity contribution in [3.63, 3.8) is 0 Å². The van der Waals surface area contributed by atoms with Crippen LogP contribution in [0, 0.1) is 6.92 Å². The summed E-state index contributed by atoms with van der Waals surface area (Å²) in [4.78, 5) is 21.7. The molecule has 1 aliphatic rings. The molecule has 5 nitrogen and oxygen atoms in total. The van der Waals surface area contributed by atoms with Crippen LogP contribution in [0.15, 0.2) is 72.0 Å². The van der Waals surface area contributed by atoms with Crippen molar-refractivity contribution in [3.8, 4) is 0 Å². The smallest absolute Gasteiger partial charge is 0.251 e. The molecule has 4 aromatic rings. The number of carbonyl (C=O) groups is 1. The SMILES string of the molecule is Cc1ccc(CSc2nc3cccnc3n2Cc2ccc(C(=O)NC3CC3)cc2)cc1. The minimum atomic E-state index is 0.0122. The number of nitrogens with one attached hydrogen (secondary N) is 1. The van der Waals surface area contributed by atoms with Gasteiger partial charge in [0.2, 0.25) is 0 Å². The molecule has 0 bridgehead atoms. The van der Waals surface area contributed by atoms with Crippen molar-refractivity contribution < 1.29 is 4.79 Å². The van der Waals surface area contributed by atoms with E-state index in [1.807, 2.05) is 36.4 Å². The van der Waals surface area contributed by atoms with Gasteiger partial charge < -0.3 is 5.32 Å². The van der Waals surface area contributed by atoms with E-state index < -0.39 is 0 Å². The summed E-state index contributed by atoms with van der Waals surface area (Å²) in [5.41, 5.74) is 6.13. The van der Waals surface area contributed by atoms with Crippen molar-refractivity contribution in [1.82, 2.24) is 19.9 Å². The normalized spacial score (nSPS) is 13.5. The van der Waals surface area contributed by atoms with Gasteiger partial charge in [-0.15, -0.1) is 0 Å². The van der Waals surface area contributed by atoms with E-state index in [4.69, 9.17) is 4.98 Å². The summed E-state index contributed by atoms with van der Waals surface area (Å²) in [7, 11) is 0. The Bertz CT molecular complexity index is 1210. The number of nitrogens with zero attached hydrogens (tertiary/aromatic N) is 3. The minimum absolute atomic E-state index is 0.0122. The van der Waals surface area contributed by atoms with Gasteiger partial charge in [-0.25, -0.2) is 9.97 Å². The fourth-order valence-corrected chi connectivity index (χ4v) is 4.42. The molecule has 2 heterocycles. The number of hydrogen-bond donors (Lipinski definition) is 1. The molecule has 0 atom stereocenters. The molecule has 6 heteroatoms. The zero-order valence-corrected chi connectivity index (χ0v) is 18.2. The van der Waals surface area contributed by atoms with Crippen LogP contribution in [-0.2, 0) is 12.3 Å². The minimum Gasteiger partial charge on any atom is -0.349 e. The number of benzene rings is 2. The monoisotopic (exact) mass is 428 g/mol. The number of rotatable bonds is 7. The molecule has 5 rings (SSSR count). The third kappa shape index (κ3) is 4.64. The van der Waals surface area contributed by atoms with Crippen LogP contribution < -0.4 is 5.32 Å². The zero-order valence-electron chi connectivity index (χ0n) is 17.4. The Kier molecular flexibility index (Phi) is 5.47. The Morgan fingerprint density at radius 3 is 2.55 bits per heavy atom. The molecule has 1 saturated carbocycles. The molecule has 0 radical (unpaired) electrons. The quantitative estimate of drug-likeness (QED) is 0.422. The van der Waals surface area contributed by atoms with E-state index in [0.717, 1.165) is 40.5 Å². The Hall–Kier alpha value is -3.12. The number of aromatic nitrogens is 3. The Morgan fingerprint density at radius 2 is 1.81 bits per heavy atom. The van der Waals surface area contributed by atoms with E-state index in [1.165, 1.54) is 11.1 Å². The Balaban J connectivity index is 1.37. The second-order valence-electron chi connectivity index (χ2n) is 8.05. The molecule has 1 N–H and O–H groups in total. The number of thioether (sulfide) groups is 1. The lowest BCUT2D eigenvalue weighted by Gasteiger charge is -2.10. The van der Waals surface area contributed by atoms with Gasteiger partial charge in [-0.05, 0) is 55.2 Å². The molecule has 31 heavy (non-hydrogen) atoms. The van der Waals surface area contributed by atoms with Gasteiger partial charge >= 0.3 is 0 Å². The average molecular weight is 429 g/mol. The van der Waals surface area contributed by atoms with Crippen LogP contribution in [-0.4, -0.2) is 26.5 Å². The highest BCUT2D eigenvalue weighted by Crippen LogP contribution is 2.27. The van der Waals surface area contributed by atoms with Crippen LogP contribution in [0.25, 0.3) is 11.2 Å². The fraction of sp³-hybridized carbons (Fsp3) is 0.240. The van der Waals surface area contributed by atoms with Gasteiger partial charge in [0.05, 0.1) is 6.54 Å². The number of pyridine rings is 1. The molecule has 1 fully saturated rings. The number of carbonyl (C=O) groups excluding carboxylic acids is 1. The van der Waals surface area contributed by atoms with Crippen molar-refractivity contribution in [1.29, 1.82) is 0 Å². The molecule has 156 valence electrons. The second kappa shape index (κ2) is 8.55. The number of hydrogen-bond acceptors (Lipinski definition) is 4. The number of imidazole rings is 1. The van der Waals surface area contributed by atoms with Crippen molar-refractivity contribution in [2.24, 2.45) is 0 Å². The van der Waals surface area contributed by atoms with Gasteiger partial charge in [0, 0.05) is 23.6 Å². The maximum absolute atomic E-state index is 12.3. The van der Waals surface area contributed by atoms with E-state index >= 15 is 0 Å². The van der Waals surface area contributed by atoms with Crippen molar-refractivity contribution in [2.45, 2.75) is 43.3 Å². The highest BCUT2D eigenvalue weighted by Gasteiger charge is 2.23. The van der Waals surface area contributed by atoms with E-state index in [0.29, 0.717) is 18.2 Å². The highest BCUT2D eigenvalue weighted by molar-refractivity contribution is 7.98. The predicted octanol–water partition coefficient (Wildman–Crippen LogP) is 4.97. The first-order valence-electron chi connectivity index (χ1n) is 10.5. The van der Waals surface area contributed by atoms with Gasteiger partial charge in [0.1, 0.15) is 5.52 Å². The second-order valence-corrected chi connectivity index (χ2v) is 8.99. The molecule has 0 aliphatic heterocycles. The number of fused-ring (bicyclic) bond motifs is 1. The fourth-order valence-electron chi connectivity index (χ4n) is 3.46.